The number of carbonyl (C=O) groups is 1. The molecule has 0 atom stereocenters. The summed E-state index contributed by atoms with van der Waals surface area (Å²) in [6.45, 7) is 3.03. The molecular formula is C18H19N3O3S. The van der Waals surface area contributed by atoms with Gasteiger partial charge in [-0.3, -0.25) is 4.79 Å². The summed E-state index contributed by atoms with van der Waals surface area (Å²) in [6, 6.07) is 11.4. The van der Waals surface area contributed by atoms with E-state index < -0.39 is 0 Å². The zero-order valence-electron chi connectivity index (χ0n) is 13.9. The van der Waals surface area contributed by atoms with Crippen LogP contribution < -0.4 is 10.1 Å². The number of aromatic nitrogens is 2. The maximum absolute atomic E-state index is 12.0. The average molecular weight is 357 g/mol. The molecule has 2 aromatic heterocycles. The summed E-state index contributed by atoms with van der Waals surface area (Å²) in [5.74, 6) is 1.88. The zero-order valence-corrected chi connectivity index (χ0v) is 14.7. The average Bonchev–Trinajstić information content (AvgIpc) is 3.28. The summed E-state index contributed by atoms with van der Waals surface area (Å²) in [5, 5.41) is 8.78. The van der Waals surface area contributed by atoms with Crippen molar-refractivity contribution < 1.29 is 14.1 Å². The number of nitrogens with one attached hydrogen (secondary N) is 1. The first kappa shape index (κ1) is 17.2. The van der Waals surface area contributed by atoms with Crippen LogP contribution in [0.3, 0.4) is 0 Å². The van der Waals surface area contributed by atoms with Crippen LogP contribution >= 0.6 is 11.3 Å². The van der Waals surface area contributed by atoms with Crippen LogP contribution in [0.5, 0.6) is 5.75 Å². The van der Waals surface area contributed by atoms with E-state index in [9.17, 15) is 4.79 Å². The predicted molar refractivity (Wildman–Crippen MR) is 95.6 cm³/mol. The van der Waals surface area contributed by atoms with E-state index in [4.69, 9.17) is 9.26 Å². The molecule has 3 aromatic rings. The molecule has 0 fully saturated rings. The van der Waals surface area contributed by atoms with E-state index in [1.165, 1.54) is 0 Å². The molecule has 0 aliphatic carbocycles. The standard InChI is InChI=1S/C18H19N3O3S/c1-2-23-14-7-5-13(6-8-14)12-16(22)19-10-9-17-20-18(21-24-17)15-4-3-11-25-15/h3-8,11H,2,9-10,12H2,1H3,(H,19,22). The Morgan fingerprint density at radius 3 is 2.84 bits per heavy atom. The van der Waals surface area contributed by atoms with E-state index in [0.29, 0.717) is 37.7 Å². The summed E-state index contributed by atoms with van der Waals surface area (Å²) < 4.78 is 10.6. The second-order valence-corrected chi connectivity index (χ2v) is 6.29. The Morgan fingerprint density at radius 1 is 1.28 bits per heavy atom. The van der Waals surface area contributed by atoms with Gasteiger partial charge in [0.15, 0.2) is 0 Å². The highest BCUT2D eigenvalue weighted by Crippen LogP contribution is 2.21. The van der Waals surface area contributed by atoms with Crippen molar-refractivity contribution in [3.63, 3.8) is 0 Å². The number of hydrogen-bond acceptors (Lipinski definition) is 6. The molecule has 25 heavy (non-hydrogen) atoms. The van der Waals surface area contributed by atoms with Crippen LogP contribution in [0.15, 0.2) is 46.3 Å². The molecule has 0 aliphatic heterocycles. The number of rotatable bonds is 8. The molecule has 130 valence electrons. The quantitative estimate of drug-likeness (QED) is 0.670. The first-order chi connectivity index (χ1) is 12.2. The first-order valence-electron chi connectivity index (χ1n) is 8.09. The molecule has 0 radical (unpaired) electrons. The van der Waals surface area contributed by atoms with Crippen LogP contribution in [-0.4, -0.2) is 29.2 Å². The Morgan fingerprint density at radius 2 is 2.12 bits per heavy atom. The van der Waals surface area contributed by atoms with Gasteiger partial charge in [0.2, 0.25) is 17.6 Å². The van der Waals surface area contributed by atoms with Gasteiger partial charge in [0, 0.05) is 13.0 Å². The van der Waals surface area contributed by atoms with Crippen molar-refractivity contribution in [3.05, 3.63) is 53.2 Å². The number of hydrogen-bond donors (Lipinski definition) is 1. The van der Waals surface area contributed by atoms with E-state index >= 15 is 0 Å². The smallest absolute Gasteiger partial charge is 0.228 e. The predicted octanol–water partition coefficient (Wildman–Crippen LogP) is 3.10. The van der Waals surface area contributed by atoms with Crippen molar-refractivity contribution in [2.24, 2.45) is 0 Å². The lowest BCUT2D eigenvalue weighted by atomic mass is 10.1. The summed E-state index contributed by atoms with van der Waals surface area (Å²) in [5.41, 5.74) is 0.943. The van der Waals surface area contributed by atoms with Crippen molar-refractivity contribution in [2.75, 3.05) is 13.2 Å². The highest BCUT2D eigenvalue weighted by Gasteiger charge is 2.10. The first-order valence-corrected chi connectivity index (χ1v) is 8.97. The molecule has 1 N–H and O–H groups in total. The van der Waals surface area contributed by atoms with Gasteiger partial charge in [0.25, 0.3) is 0 Å². The number of amides is 1. The van der Waals surface area contributed by atoms with E-state index in [0.717, 1.165) is 16.2 Å². The molecule has 1 aromatic carbocycles. The fourth-order valence-electron chi connectivity index (χ4n) is 2.29. The van der Waals surface area contributed by atoms with Crippen LogP contribution in [0.25, 0.3) is 10.7 Å². The van der Waals surface area contributed by atoms with E-state index in [1.807, 2.05) is 48.7 Å². The normalized spacial score (nSPS) is 10.6. The lowest BCUT2D eigenvalue weighted by Crippen LogP contribution is -2.27. The maximum Gasteiger partial charge on any atom is 0.228 e. The van der Waals surface area contributed by atoms with Crippen molar-refractivity contribution in [2.45, 2.75) is 19.8 Å². The summed E-state index contributed by atoms with van der Waals surface area (Å²) in [7, 11) is 0. The van der Waals surface area contributed by atoms with Crippen molar-refractivity contribution in [3.8, 4) is 16.5 Å². The van der Waals surface area contributed by atoms with Crippen LogP contribution in [-0.2, 0) is 17.6 Å². The number of carbonyl (C=O) groups excluding carboxylic acids is 1. The van der Waals surface area contributed by atoms with Gasteiger partial charge in [-0.1, -0.05) is 23.4 Å². The highest BCUT2D eigenvalue weighted by atomic mass is 32.1. The van der Waals surface area contributed by atoms with Crippen LogP contribution in [0.2, 0.25) is 0 Å². The lowest BCUT2D eigenvalue weighted by Gasteiger charge is -2.06. The van der Waals surface area contributed by atoms with Gasteiger partial charge < -0.3 is 14.6 Å². The number of ether oxygens (including phenoxy) is 1. The number of benzene rings is 1. The Balaban J connectivity index is 1.43. The maximum atomic E-state index is 12.0. The van der Waals surface area contributed by atoms with Crippen molar-refractivity contribution >= 4 is 17.2 Å². The molecule has 2 heterocycles. The van der Waals surface area contributed by atoms with Gasteiger partial charge in [0.1, 0.15) is 5.75 Å². The third kappa shape index (κ3) is 4.90. The molecule has 0 unspecified atom stereocenters. The zero-order chi connectivity index (χ0) is 17.5. The van der Waals surface area contributed by atoms with Gasteiger partial charge >= 0.3 is 0 Å². The van der Waals surface area contributed by atoms with Gasteiger partial charge in [-0.25, -0.2) is 0 Å². The molecule has 3 rings (SSSR count). The van der Waals surface area contributed by atoms with E-state index in [-0.39, 0.29) is 5.91 Å². The number of nitrogens with zero attached hydrogens (tertiary/aromatic N) is 2. The molecule has 1 amide bonds. The number of thiophene rings is 1. The third-order valence-electron chi connectivity index (χ3n) is 3.47. The minimum atomic E-state index is -0.0397. The molecule has 0 saturated carbocycles. The Labute approximate surface area is 149 Å². The van der Waals surface area contributed by atoms with Crippen LogP contribution in [0, 0.1) is 0 Å². The second kappa shape index (κ2) is 8.43. The van der Waals surface area contributed by atoms with Crippen LogP contribution in [0.1, 0.15) is 18.4 Å². The van der Waals surface area contributed by atoms with Gasteiger partial charge in [-0.15, -0.1) is 11.3 Å². The minimum absolute atomic E-state index is 0.0397. The van der Waals surface area contributed by atoms with Gasteiger partial charge in [0.05, 0.1) is 17.9 Å². The SMILES string of the molecule is CCOc1ccc(CC(=O)NCCc2nc(-c3cccs3)no2)cc1. The van der Waals surface area contributed by atoms with E-state index in [2.05, 4.69) is 15.5 Å². The Kier molecular flexibility index (Phi) is 5.79. The molecule has 0 aliphatic rings. The molecule has 0 spiro atoms. The molecule has 0 bridgehead atoms. The van der Waals surface area contributed by atoms with Gasteiger partial charge in [-0.05, 0) is 36.1 Å². The lowest BCUT2D eigenvalue weighted by molar-refractivity contribution is -0.120. The summed E-state index contributed by atoms with van der Waals surface area (Å²) >= 11 is 1.56. The topological polar surface area (TPSA) is 77.2 Å². The monoisotopic (exact) mass is 357 g/mol. The Hall–Kier alpha value is -2.67. The van der Waals surface area contributed by atoms with E-state index in [1.54, 1.807) is 11.3 Å². The molecular weight excluding hydrogens is 338 g/mol. The Bertz CT molecular complexity index is 797. The van der Waals surface area contributed by atoms with Crippen molar-refractivity contribution in [1.29, 1.82) is 0 Å². The molecule has 6 nitrogen and oxygen atoms in total. The van der Waals surface area contributed by atoms with Crippen LogP contribution in [0.4, 0.5) is 0 Å². The summed E-state index contributed by atoms with van der Waals surface area (Å²) in [6.07, 6.45) is 0.837. The second-order valence-electron chi connectivity index (χ2n) is 5.34. The fourth-order valence-corrected chi connectivity index (χ4v) is 2.94. The highest BCUT2D eigenvalue weighted by molar-refractivity contribution is 7.13. The molecule has 0 saturated heterocycles. The summed E-state index contributed by atoms with van der Waals surface area (Å²) in [4.78, 5) is 17.3. The minimum Gasteiger partial charge on any atom is -0.494 e. The van der Waals surface area contributed by atoms with Crippen molar-refractivity contribution in [1.82, 2.24) is 15.5 Å². The largest absolute Gasteiger partial charge is 0.494 e. The van der Waals surface area contributed by atoms with Gasteiger partial charge in [-0.2, -0.15) is 4.98 Å². The molecule has 7 heteroatoms. The fraction of sp³-hybridized carbons (Fsp3) is 0.278. The third-order valence-corrected chi connectivity index (χ3v) is 4.34.